The zero-order valence-electron chi connectivity index (χ0n) is 14.9. The molecule has 2 aromatic rings. The molecule has 2 fully saturated rings. The summed E-state index contributed by atoms with van der Waals surface area (Å²) in [5.74, 6) is 0.0589. The second-order valence-electron chi connectivity index (χ2n) is 7.10. The van der Waals surface area contributed by atoms with Crippen molar-refractivity contribution >= 4 is 11.8 Å². The number of amides is 2. The summed E-state index contributed by atoms with van der Waals surface area (Å²) in [4.78, 5) is 38.8. The molecule has 0 saturated carbocycles. The number of nitrogens with one attached hydrogen (secondary N) is 1. The molecule has 2 amide bonds. The number of carbonyl (C=O) groups is 2. The van der Waals surface area contributed by atoms with Gasteiger partial charge in [-0.05, 0) is 30.2 Å². The highest BCUT2D eigenvalue weighted by molar-refractivity contribution is 5.95. The number of pyridine rings is 1. The molecule has 2 aromatic heterocycles. The maximum atomic E-state index is 13.1. The van der Waals surface area contributed by atoms with Crippen LogP contribution in [-0.2, 0) is 11.3 Å². The fourth-order valence-electron chi connectivity index (χ4n) is 4.05. The highest BCUT2D eigenvalue weighted by Crippen LogP contribution is 2.34. The zero-order chi connectivity index (χ0) is 18.1. The average molecular weight is 353 g/mol. The minimum atomic E-state index is -0.648. The van der Waals surface area contributed by atoms with Crippen LogP contribution in [0.4, 0.5) is 0 Å². The van der Waals surface area contributed by atoms with Crippen LogP contribution in [0.15, 0.2) is 42.9 Å². The first-order chi connectivity index (χ1) is 12.6. The number of rotatable bonds is 3. The molecule has 0 bridgehead atoms. The molecule has 4 heterocycles. The minimum absolute atomic E-state index is 0.0470. The van der Waals surface area contributed by atoms with Crippen molar-refractivity contribution in [2.45, 2.75) is 18.5 Å². The maximum absolute atomic E-state index is 13.1. The average Bonchev–Trinajstić information content (AvgIpc) is 3.34. The highest BCUT2D eigenvalue weighted by Gasteiger charge is 2.53. The Kier molecular flexibility index (Phi) is 4.24. The number of nitrogens with zero attached hydrogens (tertiary/aromatic N) is 4. The standard InChI is InChI=1S/C19H23N5O2/c1-22-10-11-24(13-15-4-2-7-20-12-15)19(18(22)26)6-9-23(14-19)17(25)16-5-3-8-21-16/h2-5,7-8,12,21H,6,9-11,13-14H2,1H3/t19-/m1/s1. The Morgan fingerprint density at radius 1 is 1.27 bits per heavy atom. The lowest BCUT2D eigenvalue weighted by molar-refractivity contribution is -0.149. The van der Waals surface area contributed by atoms with Gasteiger partial charge in [-0.3, -0.25) is 19.5 Å². The largest absolute Gasteiger partial charge is 0.357 e. The van der Waals surface area contributed by atoms with E-state index in [4.69, 9.17) is 0 Å². The Balaban J connectivity index is 1.59. The van der Waals surface area contributed by atoms with Gasteiger partial charge >= 0.3 is 0 Å². The summed E-state index contributed by atoms with van der Waals surface area (Å²) in [5, 5.41) is 0. The summed E-state index contributed by atoms with van der Waals surface area (Å²) in [6, 6.07) is 7.53. The van der Waals surface area contributed by atoms with Gasteiger partial charge in [-0.25, -0.2) is 0 Å². The molecule has 7 heteroatoms. The molecule has 7 nitrogen and oxygen atoms in total. The summed E-state index contributed by atoms with van der Waals surface area (Å²) in [7, 11) is 1.85. The van der Waals surface area contributed by atoms with Gasteiger partial charge in [0.15, 0.2) is 0 Å². The van der Waals surface area contributed by atoms with E-state index in [-0.39, 0.29) is 11.8 Å². The van der Waals surface area contributed by atoms with Crippen molar-refractivity contribution < 1.29 is 9.59 Å². The van der Waals surface area contributed by atoms with Gasteiger partial charge in [-0.2, -0.15) is 0 Å². The first-order valence-corrected chi connectivity index (χ1v) is 8.92. The summed E-state index contributed by atoms with van der Waals surface area (Å²) < 4.78 is 0. The lowest BCUT2D eigenvalue weighted by Gasteiger charge is -2.46. The fourth-order valence-corrected chi connectivity index (χ4v) is 4.05. The van der Waals surface area contributed by atoms with Crippen LogP contribution in [-0.4, -0.2) is 75.2 Å². The van der Waals surface area contributed by atoms with E-state index in [0.717, 1.165) is 12.1 Å². The van der Waals surface area contributed by atoms with Crippen molar-refractivity contribution in [3.05, 3.63) is 54.1 Å². The third-order valence-electron chi connectivity index (χ3n) is 5.51. The molecule has 2 aliphatic heterocycles. The van der Waals surface area contributed by atoms with Crippen LogP contribution >= 0.6 is 0 Å². The van der Waals surface area contributed by atoms with Crippen molar-refractivity contribution in [3.8, 4) is 0 Å². The number of likely N-dealkylation sites (N-methyl/N-ethyl adjacent to an activating group) is 1. The molecule has 136 valence electrons. The van der Waals surface area contributed by atoms with Crippen LogP contribution in [0.25, 0.3) is 0 Å². The van der Waals surface area contributed by atoms with E-state index in [1.807, 2.05) is 31.4 Å². The van der Waals surface area contributed by atoms with E-state index in [1.165, 1.54) is 0 Å². The van der Waals surface area contributed by atoms with Crippen LogP contribution in [0.2, 0.25) is 0 Å². The van der Waals surface area contributed by atoms with E-state index < -0.39 is 5.54 Å². The molecular formula is C19H23N5O2. The Hall–Kier alpha value is -2.67. The molecule has 0 aliphatic carbocycles. The number of likely N-dealkylation sites (tertiary alicyclic amines) is 1. The molecule has 0 unspecified atom stereocenters. The highest BCUT2D eigenvalue weighted by atomic mass is 16.2. The predicted molar refractivity (Wildman–Crippen MR) is 96.3 cm³/mol. The van der Waals surface area contributed by atoms with Crippen LogP contribution in [0.1, 0.15) is 22.5 Å². The molecular weight excluding hydrogens is 330 g/mol. The maximum Gasteiger partial charge on any atom is 0.270 e. The van der Waals surface area contributed by atoms with Crippen LogP contribution in [0, 0.1) is 0 Å². The number of aromatic nitrogens is 2. The third kappa shape index (κ3) is 2.78. The second-order valence-corrected chi connectivity index (χ2v) is 7.10. The van der Waals surface area contributed by atoms with E-state index in [2.05, 4.69) is 14.9 Å². The van der Waals surface area contributed by atoms with Crippen molar-refractivity contribution in [3.63, 3.8) is 0 Å². The summed E-state index contributed by atoms with van der Waals surface area (Å²) in [6.07, 6.45) is 5.99. The Morgan fingerprint density at radius 2 is 2.15 bits per heavy atom. The minimum Gasteiger partial charge on any atom is -0.357 e. The van der Waals surface area contributed by atoms with Gasteiger partial charge < -0.3 is 14.8 Å². The van der Waals surface area contributed by atoms with Gasteiger partial charge in [0, 0.05) is 58.4 Å². The Morgan fingerprint density at radius 3 is 2.88 bits per heavy atom. The number of aromatic amines is 1. The zero-order valence-corrected chi connectivity index (χ0v) is 14.9. The molecule has 1 spiro atoms. The quantitative estimate of drug-likeness (QED) is 0.892. The van der Waals surface area contributed by atoms with E-state index >= 15 is 0 Å². The van der Waals surface area contributed by atoms with Gasteiger partial charge in [0.25, 0.3) is 5.91 Å². The van der Waals surface area contributed by atoms with Gasteiger partial charge in [0.2, 0.25) is 5.91 Å². The molecule has 1 N–H and O–H groups in total. The molecule has 0 aromatic carbocycles. The Labute approximate surface area is 152 Å². The third-order valence-corrected chi connectivity index (χ3v) is 5.51. The van der Waals surface area contributed by atoms with Gasteiger partial charge in [0.1, 0.15) is 11.2 Å². The Bertz CT molecular complexity index is 792. The van der Waals surface area contributed by atoms with Gasteiger partial charge in [-0.1, -0.05) is 6.07 Å². The molecule has 0 radical (unpaired) electrons. The number of hydrogen-bond acceptors (Lipinski definition) is 4. The van der Waals surface area contributed by atoms with E-state index in [0.29, 0.717) is 38.3 Å². The predicted octanol–water partition coefficient (Wildman–Crippen LogP) is 0.969. The molecule has 26 heavy (non-hydrogen) atoms. The monoisotopic (exact) mass is 353 g/mol. The number of H-pyrrole nitrogens is 1. The van der Waals surface area contributed by atoms with E-state index in [1.54, 1.807) is 28.3 Å². The second kappa shape index (κ2) is 6.57. The summed E-state index contributed by atoms with van der Waals surface area (Å²) >= 11 is 0. The summed E-state index contributed by atoms with van der Waals surface area (Å²) in [5.41, 5.74) is 1.00. The molecule has 2 saturated heterocycles. The smallest absolute Gasteiger partial charge is 0.270 e. The van der Waals surface area contributed by atoms with E-state index in [9.17, 15) is 9.59 Å². The van der Waals surface area contributed by atoms with Gasteiger partial charge in [-0.15, -0.1) is 0 Å². The lowest BCUT2D eigenvalue weighted by Crippen LogP contribution is -2.65. The van der Waals surface area contributed by atoms with Gasteiger partial charge in [0.05, 0.1) is 0 Å². The number of carbonyl (C=O) groups excluding carboxylic acids is 2. The normalized spacial score (nSPS) is 23.8. The molecule has 2 aliphatic rings. The van der Waals surface area contributed by atoms with Crippen molar-refractivity contribution in [2.75, 3.05) is 33.2 Å². The summed E-state index contributed by atoms with van der Waals surface area (Å²) in [6.45, 7) is 3.17. The topological polar surface area (TPSA) is 72.5 Å². The number of hydrogen-bond donors (Lipinski definition) is 1. The van der Waals surface area contributed by atoms with Crippen molar-refractivity contribution in [1.29, 1.82) is 0 Å². The fraction of sp³-hybridized carbons (Fsp3) is 0.421. The van der Waals surface area contributed by atoms with Crippen molar-refractivity contribution in [1.82, 2.24) is 24.7 Å². The lowest BCUT2D eigenvalue weighted by atomic mass is 9.91. The van der Waals surface area contributed by atoms with Crippen molar-refractivity contribution in [2.24, 2.45) is 0 Å². The first-order valence-electron chi connectivity index (χ1n) is 8.92. The SMILES string of the molecule is CN1CCN(Cc2cccnc2)[C@@]2(CCN(C(=O)c3ccc[nH]3)C2)C1=O. The van der Waals surface area contributed by atoms with Crippen LogP contribution < -0.4 is 0 Å². The number of piperazine rings is 1. The molecule has 4 rings (SSSR count). The van der Waals surface area contributed by atoms with Crippen LogP contribution in [0.3, 0.4) is 0 Å². The van der Waals surface area contributed by atoms with Crippen LogP contribution in [0.5, 0.6) is 0 Å². The first kappa shape index (κ1) is 16.8. The molecule has 1 atom stereocenters.